The lowest BCUT2D eigenvalue weighted by Gasteiger charge is -2.15. The summed E-state index contributed by atoms with van der Waals surface area (Å²) in [5, 5.41) is 10.6. The maximum absolute atomic E-state index is 12.8. The van der Waals surface area contributed by atoms with E-state index in [4.69, 9.17) is 9.47 Å². The molecule has 21 heavy (non-hydrogen) atoms. The summed E-state index contributed by atoms with van der Waals surface area (Å²) < 4.78 is 10.9. The maximum Gasteiger partial charge on any atom is 0.173 e. The molecule has 1 aliphatic carbocycles. The highest BCUT2D eigenvalue weighted by atomic mass is 16.5. The normalized spacial score (nSPS) is 33.0. The van der Waals surface area contributed by atoms with Gasteiger partial charge in [-0.15, -0.1) is 0 Å². The number of methoxy groups -OCH3 is 1. The Balaban J connectivity index is 1.84. The molecule has 4 rings (SSSR count). The molecule has 1 fully saturated rings. The van der Waals surface area contributed by atoms with Gasteiger partial charge in [-0.2, -0.15) is 0 Å². The number of carbonyl (C=O) groups excluding carboxylic acids is 1. The molecule has 0 amide bonds. The molecule has 2 aliphatic heterocycles. The van der Waals surface area contributed by atoms with Crippen LogP contribution >= 0.6 is 0 Å². The van der Waals surface area contributed by atoms with Crippen LogP contribution in [0, 0.1) is 18.8 Å². The summed E-state index contributed by atoms with van der Waals surface area (Å²) >= 11 is 0. The van der Waals surface area contributed by atoms with Gasteiger partial charge < -0.3 is 14.6 Å². The molecule has 4 heteroatoms. The second-order valence-electron chi connectivity index (χ2n) is 5.81. The molecule has 2 heterocycles. The minimum atomic E-state index is -0.277. The number of fused-ring (bicyclic) bond motifs is 5. The van der Waals surface area contributed by atoms with Crippen LogP contribution in [0.5, 0.6) is 5.75 Å². The Morgan fingerprint density at radius 1 is 1.19 bits per heavy atom. The molecule has 3 aliphatic rings. The number of carbonyl (C=O) groups is 1. The lowest BCUT2D eigenvalue weighted by molar-refractivity contribution is -0.118. The molecule has 1 aromatic rings. The monoisotopic (exact) mass is 284 g/mol. The molecule has 1 saturated heterocycles. The zero-order chi connectivity index (χ0) is 14.7. The molecule has 0 saturated carbocycles. The first-order valence-corrected chi connectivity index (χ1v) is 7.08. The van der Waals surface area contributed by atoms with Crippen LogP contribution in [0.25, 0.3) is 5.57 Å². The average molecular weight is 284 g/mol. The standard InChI is InChI=1S/C17H16O4/c1-8-3-4-9(20-2)7-10(8)13-16(18)14-11-5-6-12(21-11)15(14)17(13)19/h3-7,11-12,14-15,18H,1-2H3/t11-,12+,14?,15?/m0/s1. The number of benzene rings is 1. The number of hydrogen-bond acceptors (Lipinski definition) is 4. The van der Waals surface area contributed by atoms with Crippen LogP contribution < -0.4 is 4.74 Å². The second-order valence-corrected chi connectivity index (χ2v) is 5.81. The summed E-state index contributed by atoms with van der Waals surface area (Å²) in [4.78, 5) is 12.8. The molecule has 1 aromatic carbocycles. The highest BCUT2D eigenvalue weighted by molar-refractivity contribution is 6.25. The van der Waals surface area contributed by atoms with Crippen LogP contribution in [-0.2, 0) is 9.53 Å². The van der Waals surface area contributed by atoms with Gasteiger partial charge >= 0.3 is 0 Å². The predicted octanol–water partition coefficient (Wildman–Crippen LogP) is 2.43. The van der Waals surface area contributed by atoms with E-state index in [1.54, 1.807) is 7.11 Å². The fourth-order valence-corrected chi connectivity index (χ4v) is 3.67. The number of ether oxygens (including phenoxy) is 2. The Hall–Kier alpha value is -2.07. The molecule has 4 nitrogen and oxygen atoms in total. The van der Waals surface area contributed by atoms with E-state index in [1.807, 2.05) is 37.3 Å². The van der Waals surface area contributed by atoms with E-state index in [-0.39, 0.29) is 35.6 Å². The van der Waals surface area contributed by atoms with Gasteiger partial charge in [-0.05, 0) is 30.2 Å². The Morgan fingerprint density at radius 3 is 2.57 bits per heavy atom. The van der Waals surface area contributed by atoms with E-state index in [0.717, 1.165) is 11.1 Å². The van der Waals surface area contributed by atoms with Crippen LogP contribution in [0.3, 0.4) is 0 Å². The lowest BCUT2D eigenvalue weighted by atomic mass is 9.84. The second kappa shape index (κ2) is 4.21. The fourth-order valence-electron chi connectivity index (χ4n) is 3.67. The number of rotatable bonds is 2. The van der Waals surface area contributed by atoms with Gasteiger partial charge in [0.15, 0.2) is 5.78 Å². The van der Waals surface area contributed by atoms with Crippen molar-refractivity contribution in [3.05, 3.63) is 47.2 Å². The minimum absolute atomic E-state index is 0.0225. The van der Waals surface area contributed by atoms with E-state index in [2.05, 4.69) is 0 Å². The molecule has 2 bridgehead atoms. The minimum Gasteiger partial charge on any atom is -0.511 e. The molecule has 2 unspecified atom stereocenters. The predicted molar refractivity (Wildman–Crippen MR) is 77.1 cm³/mol. The van der Waals surface area contributed by atoms with Gasteiger partial charge in [0.1, 0.15) is 11.5 Å². The van der Waals surface area contributed by atoms with Gasteiger partial charge in [0.2, 0.25) is 0 Å². The average Bonchev–Trinajstić information content (AvgIpc) is 3.15. The SMILES string of the molecule is COc1ccc(C)c(C2=C(O)C3C(C2=O)[C@H]2C=C[C@@H]3O2)c1. The van der Waals surface area contributed by atoms with E-state index in [1.165, 1.54) is 0 Å². The summed E-state index contributed by atoms with van der Waals surface area (Å²) in [5.74, 6) is 0.315. The van der Waals surface area contributed by atoms with Crippen molar-refractivity contribution in [2.45, 2.75) is 19.1 Å². The molecular formula is C17H16O4. The van der Waals surface area contributed by atoms with Crippen molar-refractivity contribution >= 4 is 11.4 Å². The summed E-state index contributed by atoms with van der Waals surface area (Å²) in [6, 6.07) is 5.57. The summed E-state index contributed by atoms with van der Waals surface area (Å²) in [6.07, 6.45) is 3.50. The summed E-state index contributed by atoms with van der Waals surface area (Å²) in [7, 11) is 1.59. The van der Waals surface area contributed by atoms with E-state index < -0.39 is 0 Å². The topological polar surface area (TPSA) is 55.8 Å². The first-order chi connectivity index (χ1) is 10.1. The highest BCUT2D eigenvalue weighted by Gasteiger charge is 2.57. The van der Waals surface area contributed by atoms with Gasteiger partial charge in [-0.1, -0.05) is 18.2 Å². The Kier molecular flexibility index (Phi) is 2.54. The van der Waals surface area contributed by atoms with Crippen molar-refractivity contribution in [2.75, 3.05) is 7.11 Å². The first-order valence-electron chi connectivity index (χ1n) is 7.08. The van der Waals surface area contributed by atoms with Crippen molar-refractivity contribution in [1.82, 2.24) is 0 Å². The Bertz CT molecular complexity index is 701. The molecule has 0 aromatic heterocycles. The van der Waals surface area contributed by atoms with Crippen molar-refractivity contribution in [3.8, 4) is 5.75 Å². The highest BCUT2D eigenvalue weighted by Crippen LogP contribution is 2.51. The van der Waals surface area contributed by atoms with Gasteiger partial charge in [0.25, 0.3) is 0 Å². The van der Waals surface area contributed by atoms with E-state index in [9.17, 15) is 9.90 Å². The quantitative estimate of drug-likeness (QED) is 0.847. The third-order valence-corrected chi connectivity index (χ3v) is 4.73. The molecule has 0 radical (unpaired) electrons. The Labute approximate surface area is 122 Å². The van der Waals surface area contributed by atoms with E-state index >= 15 is 0 Å². The number of hydrogen-bond donors (Lipinski definition) is 1. The smallest absolute Gasteiger partial charge is 0.173 e. The number of aliphatic hydroxyl groups excluding tert-OH is 1. The van der Waals surface area contributed by atoms with Gasteiger partial charge in [0, 0.05) is 0 Å². The van der Waals surface area contributed by atoms with Crippen LogP contribution in [0.1, 0.15) is 11.1 Å². The number of Topliss-reactive ketones (excluding diaryl/α,β-unsaturated/α-hetero) is 1. The molecule has 108 valence electrons. The largest absolute Gasteiger partial charge is 0.511 e. The third kappa shape index (κ3) is 1.56. The van der Waals surface area contributed by atoms with Crippen molar-refractivity contribution in [2.24, 2.45) is 11.8 Å². The molecule has 0 spiro atoms. The van der Waals surface area contributed by atoms with Gasteiger partial charge in [0.05, 0.1) is 36.7 Å². The zero-order valence-electron chi connectivity index (χ0n) is 11.9. The van der Waals surface area contributed by atoms with Crippen LogP contribution in [0.4, 0.5) is 0 Å². The van der Waals surface area contributed by atoms with Gasteiger partial charge in [-0.25, -0.2) is 0 Å². The third-order valence-electron chi connectivity index (χ3n) is 4.73. The van der Waals surface area contributed by atoms with Gasteiger partial charge in [-0.3, -0.25) is 4.79 Å². The molecule has 1 N–H and O–H groups in total. The number of aryl methyl sites for hydroxylation is 1. The number of aliphatic hydroxyl groups is 1. The summed E-state index contributed by atoms with van der Waals surface area (Å²) in [6.45, 7) is 1.93. The first kappa shape index (κ1) is 12.7. The van der Waals surface area contributed by atoms with E-state index in [0.29, 0.717) is 11.3 Å². The number of allylic oxidation sites excluding steroid dienone is 1. The molecule has 4 atom stereocenters. The Morgan fingerprint density at radius 2 is 1.90 bits per heavy atom. The zero-order valence-corrected chi connectivity index (χ0v) is 11.9. The van der Waals surface area contributed by atoms with Crippen molar-refractivity contribution in [1.29, 1.82) is 0 Å². The lowest BCUT2D eigenvalue weighted by Crippen LogP contribution is -2.26. The van der Waals surface area contributed by atoms with Crippen LogP contribution in [0.2, 0.25) is 0 Å². The molecular weight excluding hydrogens is 268 g/mol. The van der Waals surface area contributed by atoms with Crippen molar-refractivity contribution < 1.29 is 19.4 Å². The van der Waals surface area contributed by atoms with Crippen molar-refractivity contribution in [3.63, 3.8) is 0 Å². The fraction of sp³-hybridized carbons (Fsp3) is 0.353. The van der Waals surface area contributed by atoms with Crippen LogP contribution in [0.15, 0.2) is 36.1 Å². The summed E-state index contributed by atoms with van der Waals surface area (Å²) in [5.41, 5.74) is 2.14. The number of ketones is 1. The van der Waals surface area contributed by atoms with Crippen LogP contribution in [-0.4, -0.2) is 30.2 Å². The maximum atomic E-state index is 12.8.